The number of nitro groups is 1. The van der Waals surface area contributed by atoms with E-state index in [4.69, 9.17) is 10.5 Å². The fraction of sp³-hybridized carbons (Fsp3) is 0.500. The summed E-state index contributed by atoms with van der Waals surface area (Å²) in [7, 11) is 0. The zero-order chi connectivity index (χ0) is 14.9. The molecule has 2 unspecified atom stereocenters. The van der Waals surface area contributed by atoms with E-state index >= 15 is 0 Å². The molecule has 0 aromatic heterocycles. The predicted octanol–water partition coefficient (Wildman–Crippen LogP) is 1.43. The van der Waals surface area contributed by atoms with Crippen LogP contribution in [0, 0.1) is 21.7 Å². The van der Waals surface area contributed by atoms with Crippen LogP contribution >= 0.6 is 0 Å². The summed E-state index contributed by atoms with van der Waals surface area (Å²) in [6.07, 6.45) is -0.338. The Morgan fingerprint density at radius 3 is 2.85 bits per heavy atom. The number of nitrogens with two attached hydrogens (primary N) is 1. The molecule has 110 valence electrons. The maximum absolute atomic E-state index is 13.6. The van der Waals surface area contributed by atoms with Crippen molar-refractivity contribution in [3.63, 3.8) is 0 Å². The van der Waals surface area contributed by atoms with E-state index in [0.29, 0.717) is 19.2 Å². The quantitative estimate of drug-likeness (QED) is 0.671. The van der Waals surface area contributed by atoms with Crippen molar-refractivity contribution in [3.8, 4) is 0 Å². The molecule has 0 spiro atoms. The minimum absolute atomic E-state index is 0.0820. The van der Waals surface area contributed by atoms with E-state index in [-0.39, 0.29) is 24.4 Å². The Kier molecular flexibility index (Phi) is 4.15. The number of hydrogen-bond acceptors (Lipinski definition) is 5. The van der Waals surface area contributed by atoms with E-state index < -0.39 is 22.2 Å². The summed E-state index contributed by atoms with van der Waals surface area (Å²) < 4.78 is 32.4. The molecular weight excluding hydrogens is 272 g/mol. The van der Waals surface area contributed by atoms with Crippen molar-refractivity contribution in [1.82, 2.24) is 0 Å². The molecule has 0 amide bonds. The third kappa shape index (κ3) is 2.86. The first-order valence-electron chi connectivity index (χ1n) is 6.15. The summed E-state index contributed by atoms with van der Waals surface area (Å²) in [4.78, 5) is 11.7. The van der Waals surface area contributed by atoms with Crippen molar-refractivity contribution < 1.29 is 18.4 Å². The van der Waals surface area contributed by atoms with Crippen LogP contribution in [0.25, 0.3) is 0 Å². The highest BCUT2D eigenvalue weighted by Gasteiger charge is 2.30. The van der Waals surface area contributed by atoms with Crippen LogP contribution in [0.2, 0.25) is 0 Å². The third-order valence-corrected chi connectivity index (χ3v) is 3.21. The van der Waals surface area contributed by atoms with Gasteiger partial charge in [0.15, 0.2) is 0 Å². The lowest BCUT2D eigenvalue weighted by atomic mass is 10.1. The monoisotopic (exact) mass is 287 g/mol. The Morgan fingerprint density at radius 1 is 1.55 bits per heavy atom. The second-order valence-corrected chi connectivity index (χ2v) is 4.73. The SMILES string of the molecule is CC(N)C1CN(c2cc(F)cc(F)c2[N+](=O)[O-])CCO1. The normalized spacial score (nSPS) is 20.8. The van der Waals surface area contributed by atoms with Gasteiger partial charge in [-0.15, -0.1) is 0 Å². The molecule has 1 aliphatic heterocycles. The highest BCUT2D eigenvalue weighted by atomic mass is 19.1. The van der Waals surface area contributed by atoms with Crippen LogP contribution in [0.3, 0.4) is 0 Å². The molecule has 1 heterocycles. The van der Waals surface area contributed by atoms with E-state index in [2.05, 4.69) is 0 Å². The van der Waals surface area contributed by atoms with Crippen LogP contribution in [-0.4, -0.2) is 36.8 Å². The zero-order valence-electron chi connectivity index (χ0n) is 10.9. The Balaban J connectivity index is 2.38. The van der Waals surface area contributed by atoms with Gasteiger partial charge in [0.25, 0.3) is 0 Å². The number of hydrogen-bond donors (Lipinski definition) is 1. The molecule has 1 aliphatic rings. The minimum Gasteiger partial charge on any atom is -0.373 e. The third-order valence-electron chi connectivity index (χ3n) is 3.21. The van der Waals surface area contributed by atoms with E-state index in [1.807, 2.05) is 0 Å². The number of nitrogens with zero attached hydrogens (tertiary/aromatic N) is 2. The largest absolute Gasteiger partial charge is 0.373 e. The standard InChI is InChI=1S/C12H15F2N3O3/c1-7(15)11-6-16(2-3-20-11)10-5-8(13)4-9(14)12(10)17(18)19/h4-5,7,11H,2-3,6,15H2,1H3. The average molecular weight is 287 g/mol. The molecule has 2 N–H and O–H groups in total. The Labute approximate surface area is 114 Å². The van der Waals surface area contributed by atoms with Crippen LogP contribution < -0.4 is 10.6 Å². The Hall–Kier alpha value is -1.80. The molecule has 0 saturated carbocycles. The van der Waals surface area contributed by atoms with Crippen molar-refractivity contribution in [2.24, 2.45) is 5.73 Å². The van der Waals surface area contributed by atoms with Crippen LogP contribution in [0.5, 0.6) is 0 Å². The number of benzene rings is 1. The summed E-state index contributed by atoms with van der Waals surface area (Å²) in [5, 5.41) is 11.0. The predicted molar refractivity (Wildman–Crippen MR) is 68.6 cm³/mol. The smallest absolute Gasteiger partial charge is 0.328 e. The molecule has 2 atom stereocenters. The van der Waals surface area contributed by atoms with Crippen LogP contribution in [0.1, 0.15) is 6.92 Å². The van der Waals surface area contributed by atoms with Crippen LogP contribution in [-0.2, 0) is 4.74 Å². The number of nitro benzene ring substituents is 1. The average Bonchev–Trinajstić information content (AvgIpc) is 2.37. The van der Waals surface area contributed by atoms with Gasteiger partial charge in [0.05, 0.1) is 17.6 Å². The molecule has 1 aromatic rings. The van der Waals surface area contributed by atoms with Gasteiger partial charge in [-0.1, -0.05) is 0 Å². The summed E-state index contributed by atoms with van der Waals surface area (Å²) in [6.45, 7) is 2.60. The molecule has 0 aliphatic carbocycles. The molecular formula is C12H15F2N3O3. The molecule has 6 nitrogen and oxygen atoms in total. The number of morpholine rings is 1. The first-order chi connectivity index (χ1) is 9.40. The fourth-order valence-electron chi connectivity index (χ4n) is 2.19. The Bertz CT molecular complexity index is 525. The van der Waals surface area contributed by atoms with Gasteiger partial charge in [-0.05, 0) is 6.92 Å². The summed E-state index contributed by atoms with van der Waals surface area (Å²) in [5.41, 5.74) is 4.92. The fourth-order valence-corrected chi connectivity index (χ4v) is 2.19. The maximum atomic E-state index is 13.6. The molecule has 20 heavy (non-hydrogen) atoms. The van der Waals surface area contributed by atoms with E-state index in [0.717, 1.165) is 6.07 Å². The van der Waals surface area contributed by atoms with E-state index in [1.165, 1.54) is 4.90 Å². The van der Waals surface area contributed by atoms with Gasteiger partial charge in [0, 0.05) is 31.3 Å². The zero-order valence-corrected chi connectivity index (χ0v) is 10.9. The van der Waals surface area contributed by atoms with E-state index in [9.17, 15) is 18.9 Å². The van der Waals surface area contributed by atoms with Gasteiger partial charge in [-0.2, -0.15) is 4.39 Å². The van der Waals surface area contributed by atoms with Gasteiger partial charge in [-0.25, -0.2) is 4.39 Å². The van der Waals surface area contributed by atoms with Crippen molar-refractivity contribution in [1.29, 1.82) is 0 Å². The number of anilines is 1. The van der Waals surface area contributed by atoms with Gasteiger partial charge in [0.1, 0.15) is 11.5 Å². The minimum atomic E-state index is -1.19. The topological polar surface area (TPSA) is 81.6 Å². The molecule has 0 bridgehead atoms. The number of ether oxygens (including phenoxy) is 1. The van der Waals surface area contributed by atoms with Gasteiger partial charge >= 0.3 is 5.69 Å². The maximum Gasteiger partial charge on any atom is 0.328 e. The molecule has 1 aromatic carbocycles. The van der Waals surface area contributed by atoms with Crippen molar-refractivity contribution in [3.05, 3.63) is 33.9 Å². The lowest BCUT2D eigenvalue weighted by Crippen LogP contribution is -2.49. The molecule has 1 fully saturated rings. The lowest BCUT2D eigenvalue weighted by Gasteiger charge is -2.35. The van der Waals surface area contributed by atoms with Crippen molar-refractivity contribution >= 4 is 11.4 Å². The van der Waals surface area contributed by atoms with Gasteiger partial charge in [0.2, 0.25) is 5.82 Å². The number of rotatable bonds is 3. The summed E-state index contributed by atoms with van der Waals surface area (Å²) in [5.74, 6) is -2.04. The van der Waals surface area contributed by atoms with Gasteiger partial charge < -0.3 is 15.4 Å². The molecule has 1 saturated heterocycles. The van der Waals surface area contributed by atoms with Crippen LogP contribution in [0.4, 0.5) is 20.2 Å². The first kappa shape index (κ1) is 14.6. The second kappa shape index (κ2) is 5.68. The Morgan fingerprint density at radius 2 is 2.25 bits per heavy atom. The highest BCUT2D eigenvalue weighted by molar-refractivity contribution is 5.64. The second-order valence-electron chi connectivity index (χ2n) is 4.73. The number of halogens is 2. The molecule has 8 heteroatoms. The van der Waals surface area contributed by atoms with E-state index in [1.54, 1.807) is 6.92 Å². The lowest BCUT2D eigenvalue weighted by molar-refractivity contribution is -0.386. The summed E-state index contributed by atoms with van der Waals surface area (Å²) >= 11 is 0. The summed E-state index contributed by atoms with van der Waals surface area (Å²) in [6, 6.07) is 1.19. The van der Waals surface area contributed by atoms with Crippen molar-refractivity contribution in [2.75, 3.05) is 24.6 Å². The van der Waals surface area contributed by atoms with Crippen LogP contribution in [0.15, 0.2) is 12.1 Å². The highest BCUT2D eigenvalue weighted by Crippen LogP contribution is 2.33. The first-order valence-corrected chi connectivity index (χ1v) is 6.15. The van der Waals surface area contributed by atoms with Crippen molar-refractivity contribution in [2.45, 2.75) is 19.1 Å². The van der Waals surface area contributed by atoms with Gasteiger partial charge in [-0.3, -0.25) is 10.1 Å². The molecule has 0 radical (unpaired) electrons. The molecule has 2 rings (SSSR count).